The minimum Gasteiger partial charge on any atom is -0.465 e. The molecule has 88 valence electrons. The molecular weight excluding hydrogens is 321 g/mol. The van der Waals surface area contributed by atoms with Crippen LogP contribution in [0.15, 0.2) is 17.1 Å². The number of pyridine rings is 1. The number of ether oxygens (including phenoxy) is 1. The van der Waals surface area contributed by atoms with E-state index in [4.69, 9.17) is 0 Å². The smallest absolute Gasteiger partial charge is 0.343 e. The first kappa shape index (κ1) is 13.2. The lowest BCUT2D eigenvalue weighted by molar-refractivity contribution is 0.0598. The van der Waals surface area contributed by atoms with E-state index >= 15 is 0 Å². The van der Waals surface area contributed by atoms with Crippen LogP contribution in [0.3, 0.4) is 0 Å². The lowest BCUT2D eigenvalue weighted by Gasteiger charge is -2.07. The van der Waals surface area contributed by atoms with Crippen molar-refractivity contribution in [1.82, 2.24) is 4.57 Å². The number of methoxy groups -OCH3 is 1. The Bertz CT molecular complexity index is 439. The molecule has 0 saturated carbocycles. The minimum atomic E-state index is -0.575. The van der Waals surface area contributed by atoms with Crippen LogP contribution in [0, 0.1) is 3.57 Å². The highest BCUT2D eigenvalue weighted by molar-refractivity contribution is 14.1. The number of aryl methyl sites for hydroxylation is 1. The number of nitrogens with zero attached hydrogens (tertiary/aromatic N) is 1. The van der Waals surface area contributed by atoms with Crippen LogP contribution in [0.4, 0.5) is 0 Å². The Hall–Kier alpha value is -0.850. The van der Waals surface area contributed by atoms with Gasteiger partial charge in [0.15, 0.2) is 0 Å². The second-order valence-electron chi connectivity index (χ2n) is 3.42. The number of hydrogen-bond acceptors (Lipinski definition) is 3. The Morgan fingerprint density at radius 1 is 1.56 bits per heavy atom. The normalized spacial score (nSPS) is 10.2. The van der Waals surface area contributed by atoms with Gasteiger partial charge in [-0.2, -0.15) is 0 Å². The van der Waals surface area contributed by atoms with Crippen molar-refractivity contribution in [3.63, 3.8) is 0 Å². The van der Waals surface area contributed by atoms with Crippen molar-refractivity contribution in [2.24, 2.45) is 0 Å². The molecule has 0 amide bonds. The molecule has 1 aromatic heterocycles. The van der Waals surface area contributed by atoms with Gasteiger partial charge < -0.3 is 9.30 Å². The summed E-state index contributed by atoms with van der Waals surface area (Å²) in [6.45, 7) is 2.69. The van der Waals surface area contributed by atoms with Gasteiger partial charge in [-0.15, -0.1) is 0 Å². The fraction of sp³-hybridized carbons (Fsp3) is 0.455. The molecule has 0 aromatic carbocycles. The quantitative estimate of drug-likeness (QED) is 0.625. The van der Waals surface area contributed by atoms with Gasteiger partial charge >= 0.3 is 5.97 Å². The molecule has 0 bridgehead atoms. The van der Waals surface area contributed by atoms with Crippen molar-refractivity contribution in [3.8, 4) is 0 Å². The molecule has 0 aliphatic carbocycles. The molecule has 0 radical (unpaired) electrons. The number of esters is 1. The Morgan fingerprint density at radius 2 is 2.25 bits per heavy atom. The SMILES string of the molecule is CCCCn1cc(I)cc(C(=O)OC)c1=O. The number of hydrogen-bond donors (Lipinski definition) is 0. The van der Waals surface area contributed by atoms with Gasteiger partial charge in [-0.25, -0.2) is 4.79 Å². The maximum Gasteiger partial charge on any atom is 0.343 e. The first-order valence-corrected chi connectivity index (χ1v) is 6.16. The molecule has 0 saturated heterocycles. The van der Waals surface area contributed by atoms with Crippen LogP contribution in [0.5, 0.6) is 0 Å². The second-order valence-corrected chi connectivity index (χ2v) is 4.66. The van der Waals surface area contributed by atoms with Crippen molar-refractivity contribution in [2.45, 2.75) is 26.3 Å². The van der Waals surface area contributed by atoms with Crippen LogP contribution < -0.4 is 5.56 Å². The van der Waals surface area contributed by atoms with Crippen LogP contribution in [0.25, 0.3) is 0 Å². The summed E-state index contributed by atoms with van der Waals surface area (Å²) in [6.07, 6.45) is 3.68. The number of rotatable bonds is 4. The Balaban J connectivity index is 3.16. The standard InChI is InChI=1S/C11H14INO3/c1-3-4-5-13-7-8(12)6-9(10(13)14)11(15)16-2/h6-7H,3-5H2,1-2H3. The average molecular weight is 335 g/mol. The molecular formula is C11H14INO3. The molecule has 1 rings (SSSR count). The van der Waals surface area contributed by atoms with Crippen LogP contribution in [0.1, 0.15) is 30.1 Å². The van der Waals surface area contributed by atoms with Gasteiger partial charge in [-0.1, -0.05) is 13.3 Å². The lowest BCUT2D eigenvalue weighted by Crippen LogP contribution is -2.27. The predicted octanol–water partition coefficient (Wildman–Crippen LogP) is 2.04. The lowest BCUT2D eigenvalue weighted by atomic mass is 10.2. The summed E-state index contributed by atoms with van der Waals surface area (Å²) in [6, 6.07) is 1.55. The number of carbonyl (C=O) groups is 1. The van der Waals surface area contributed by atoms with E-state index in [2.05, 4.69) is 34.3 Å². The molecule has 0 spiro atoms. The number of aromatic nitrogens is 1. The number of carbonyl (C=O) groups excluding carboxylic acids is 1. The van der Waals surface area contributed by atoms with Crippen molar-refractivity contribution in [1.29, 1.82) is 0 Å². The Labute approximate surface area is 108 Å². The summed E-state index contributed by atoms with van der Waals surface area (Å²) in [5, 5.41) is 0. The first-order valence-electron chi connectivity index (χ1n) is 5.08. The minimum absolute atomic E-state index is 0.102. The van der Waals surface area contributed by atoms with Crippen molar-refractivity contribution >= 4 is 28.6 Å². The summed E-state index contributed by atoms with van der Waals surface area (Å²) in [7, 11) is 1.28. The molecule has 1 aromatic rings. The van der Waals surface area contributed by atoms with Crippen LogP contribution in [-0.4, -0.2) is 17.6 Å². The first-order chi connectivity index (χ1) is 7.60. The van der Waals surface area contributed by atoms with Crippen molar-refractivity contribution in [2.75, 3.05) is 7.11 Å². The third kappa shape index (κ3) is 3.07. The highest BCUT2D eigenvalue weighted by Crippen LogP contribution is 2.06. The summed E-state index contributed by atoms with van der Waals surface area (Å²) < 4.78 is 7.00. The molecule has 1 heterocycles. The van der Waals surface area contributed by atoms with E-state index in [9.17, 15) is 9.59 Å². The van der Waals surface area contributed by atoms with Crippen LogP contribution in [-0.2, 0) is 11.3 Å². The highest BCUT2D eigenvalue weighted by Gasteiger charge is 2.13. The van der Waals surface area contributed by atoms with E-state index in [0.717, 1.165) is 16.4 Å². The van der Waals surface area contributed by atoms with E-state index in [0.29, 0.717) is 6.54 Å². The topological polar surface area (TPSA) is 48.3 Å². The monoisotopic (exact) mass is 335 g/mol. The predicted molar refractivity (Wildman–Crippen MR) is 69.7 cm³/mol. The molecule has 0 atom stereocenters. The van der Waals surface area contributed by atoms with Gasteiger partial charge in [-0.05, 0) is 35.1 Å². The summed E-state index contributed by atoms with van der Waals surface area (Å²) in [4.78, 5) is 23.3. The largest absolute Gasteiger partial charge is 0.465 e. The zero-order valence-corrected chi connectivity index (χ0v) is 11.5. The zero-order chi connectivity index (χ0) is 12.1. The van der Waals surface area contributed by atoms with E-state index in [-0.39, 0.29) is 11.1 Å². The van der Waals surface area contributed by atoms with Gasteiger partial charge in [0, 0.05) is 16.3 Å². The third-order valence-corrected chi connectivity index (χ3v) is 2.80. The maximum atomic E-state index is 11.9. The molecule has 0 unspecified atom stereocenters. The molecule has 0 N–H and O–H groups in total. The highest BCUT2D eigenvalue weighted by atomic mass is 127. The maximum absolute atomic E-state index is 11.9. The second kappa shape index (κ2) is 6.03. The third-order valence-electron chi connectivity index (χ3n) is 2.21. The molecule has 0 aliphatic rings. The van der Waals surface area contributed by atoms with Gasteiger partial charge in [0.2, 0.25) is 0 Å². The van der Waals surface area contributed by atoms with Gasteiger partial charge in [0.05, 0.1) is 7.11 Å². The van der Waals surface area contributed by atoms with E-state index in [1.165, 1.54) is 7.11 Å². The zero-order valence-electron chi connectivity index (χ0n) is 9.33. The number of halogens is 1. The van der Waals surface area contributed by atoms with E-state index in [1.807, 2.05) is 0 Å². The fourth-order valence-electron chi connectivity index (χ4n) is 1.35. The summed E-state index contributed by atoms with van der Waals surface area (Å²) >= 11 is 2.08. The molecule has 16 heavy (non-hydrogen) atoms. The Morgan fingerprint density at radius 3 is 2.81 bits per heavy atom. The van der Waals surface area contributed by atoms with Gasteiger partial charge in [0.1, 0.15) is 5.56 Å². The van der Waals surface area contributed by atoms with Gasteiger partial charge in [0.25, 0.3) is 5.56 Å². The Kier molecular flexibility index (Phi) is 4.98. The molecule has 4 nitrogen and oxygen atoms in total. The average Bonchev–Trinajstić information content (AvgIpc) is 2.28. The summed E-state index contributed by atoms with van der Waals surface area (Å²) in [5.41, 5.74) is -0.175. The summed E-state index contributed by atoms with van der Waals surface area (Å²) in [5.74, 6) is -0.575. The van der Waals surface area contributed by atoms with Crippen LogP contribution >= 0.6 is 22.6 Å². The van der Waals surface area contributed by atoms with Gasteiger partial charge in [-0.3, -0.25) is 4.79 Å². The van der Waals surface area contributed by atoms with Crippen molar-refractivity contribution in [3.05, 3.63) is 31.8 Å². The molecule has 0 aliphatic heterocycles. The van der Waals surface area contributed by atoms with Crippen LogP contribution in [0.2, 0.25) is 0 Å². The number of unbranched alkanes of at least 4 members (excludes halogenated alkanes) is 1. The van der Waals surface area contributed by atoms with E-state index < -0.39 is 5.97 Å². The fourth-order valence-corrected chi connectivity index (χ4v) is 2.00. The molecule has 0 fully saturated rings. The molecule has 5 heteroatoms. The van der Waals surface area contributed by atoms with Crippen molar-refractivity contribution < 1.29 is 9.53 Å². The van der Waals surface area contributed by atoms with E-state index in [1.54, 1.807) is 16.8 Å².